The lowest BCUT2D eigenvalue weighted by atomic mass is 10.1. The number of hydrogen-bond donors (Lipinski definition) is 2. The van der Waals surface area contributed by atoms with Gasteiger partial charge in [-0.05, 0) is 42.3 Å². The zero-order valence-electron chi connectivity index (χ0n) is 17.9. The number of anilines is 3. The van der Waals surface area contributed by atoms with Crippen LogP contribution >= 0.6 is 0 Å². The molecule has 2 heterocycles. The summed E-state index contributed by atoms with van der Waals surface area (Å²) in [7, 11) is 0. The maximum atomic E-state index is 12.5. The number of alkyl halides is 2. The van der Waals surface area contributed by atoms with Crippen LogP contribution in [0, 0.1) is 6.92 Å². The fraction of sp³-hybridized carbons (Fsp3) is 0.261. The molecule has 0 atom stereocenters. The summed E-state index contributed by atoms with van der Waals surface area (Å²) in [5.41, 5.74) is 3.84. The van der Waals surface area contributed by atoms with Crippen molar-refractivity contribution in [1.82, 2.24) is 14.9 Å². The lowest BCUT2D eigenvalue weighted by molar-refractivity contribution is -0.0498. The van der Waals surface area contributed by atoms with Crippen molar-refractivity contribution in [3.8, 4) is 16.9 Å². The van der Waals surface area contributed by atoms with Crippen molar-refractivity contribution < 1.29 is 23.0 Å². The first-order valence-electron chi connectivity index (χ1n) is 10.4. The molecular weight excluding hydrogens is 432 g/mol. The van der Waals surface area contributed by atoms with Crippen LogP contribution < -0.4 is 15.4 Å². The zero-order valence-corrected chi connectivity index (χ0v) is 17.9. The normalized spacial score (nSPS) is 13.6. The molecule has 1 aliphatic rings. The number of nitrogens with zero attached hydrogens (tertiary/aromatic N) is 3. The number of nitrogens with one attached hydrogen (secondary N) is 2. The van der Waals surface area contributed by atoms with Crippen LogP contribution in [0.2, 0.25) is 0 Å². The number of aromatic nitrogens is 2. The van der Waals surface area contributed by atoms with Crippen molar-refractivity contribution in [3.63, 3.8) is 0 Å². The number of ether oxygens (including phenoxy) is 2. The molecule has 1 saturated heterocycles. The van der Waals surface area contributed by atoms with Gasteiger partial charge in [-0.25, -0.2) is 14.8 Å². The number of carbonyl (C=O) groups excluding carboxylic acids is 1. The summed E-state index contributed by atoms with van der Waals surface area (Å²) in [5, 5.41) is 6.07. The summed E-state index contributed by atoms with van der Waals surface area (Å²) in [6.07, 6.45) is 3.27. The Kier molecular flexibility index (Phi) is 6.94. The van der Waals surface area contributed by atoms with Gasteiger partial charge in [-0.3, -0.25) is 0 Å². The number of benzene rings is 2. The highest BCUT2D eigenvalue weighted by Crippen LogP contribution is 2.25. The van der Waals surface area contributed by atoms with Crippen LogP contribution in [0.1, 0.15) is 5.56 Å². The van der Waals surface area contributed by atoms with Gasteiger partial charge in [-0.1, -0.05) is 18.2 Å². The summed E-state index contributed by atoms with van der Waals surface area (Å²) < 4.78 is 34.2. The van der Waals surface area contributed by atoms with Crippen molar-refractivity contribution in [2.75, 3.05) is 36.9 Å². The van der Waals surface area contributed by atoms with E-state index in [4.69, 9.17) is 4.74 Å². The van der Waals surface area contributed by atoms with E-state index in [1.54, 1.807) is 29.4 Å². The highest BCUT2D eigenvalue weighted by Gasteiger charge is 2.17. The van der Waals surface area contributed by atoms with Gasteiger partial charge >= 0.3 is 12.6 Å². The van der Waals surface area contributed by atoms with E-state index in [9.17, 15) is 13.6 Å². The van der Waals surface area contributed by atoms with E-state index >= 15 is 0 Å². The lowest BCUT2D eigenvalue weighted by Gasteiger charge is -2.27. The minimum absolute atomic E-state index is 0.0869. The fourth-order valence-electron chi connectivity index (χ4n) is 3.29. The quantitative estimate of drug-likeness (QED) is 0.562. The molecule has 2 aromatic carbocycles. The Morgan fingerprint density at radius 2 is 1.76 bits per heavy atom. The molecule has 0 aliphatic carbocycles. The van der Waals surface area contributed by atoms with Gasteiger partial charge in [0.15, 0.2) is 0 Å². The molecule has 0 spiro atoms. The Labute approximate surface area is 189 Å². The number of urea groups is 1. The van der Waals surface area contributed by atoms with Gasteiger partial charge in [0.25, 0.3) is 0 Å². The van der Waals surface area contributed by atoms with Crippen molar-refractivity contribution in [2.45, 2.75) is 13.5 Å². The van der Waals surface area contributed by atoms with E-state index in [1.807, 2.05) is 25.1 Å². The van der Waals surface area contributed by atoms with E-state index in [-0.39, 0.29) is 11.8 Å². The molecule has 2 amide bonds. The molecule has 1 aromatic heterocycles. The van der Waals surface area contributed by atoms with Gasteiger partial charge in [-0.15, -0.1) is 0 Å². The molecule has 4 rings (SSSR count). The predicted octanol–water partition coefficient (Wildman–Crippen LogP) is 4.66. The largest absolute Gasteiger partial charge is 0.435 e. The molecule has 0 unspecified atom stereocenters. The van der Waals surface area contributed by atoms with Crippen LogP contribution in [0.4, 0.5) is 30.9 Å². The Morgan fingerprint density at radius 3 is 2.42 bits per heavy atom. The maximum absolute atomic E-state index is 12.5. The van der Waals surface area contributed by atoms with Crippen LogP contribution in [0.5, 0.6) is 5.75 Å². The average Bonchev–Trinajstić information content (AvgIpc) is 2.82. The van der Waals surface area contributed by atoms with Crippen LogP contribution in [-0.4, -0.2) is 53.8 Å². The van der Waals surface area contributed by atoms with E-state index in [1.165, 1.54) is 12.1 Å². The van der Waals surface area contributed by atoms with Crippen molar-refractivity contribution >= 4 is 23.4 Å². The van der Waals surface area contributed by atoms with Crippen LogP contribution in [0.25, 0.3) is 11.1 Å². The molecular formula is C23H23F2N5O3. The number of carbonyl (C=O) groups is 1. The summed E-state index contributed by atoms with van der Waals surface area (Å²) in [6.45, 7) is 1.25. The van der Waals surface area contributed by atoms with Crippen molar-refractivity contribution in [1.29, 1.82) is 0 Å². The summed E-state index contributed by atoms with van der Waals surface area (Å²) in [5.74, 6) is 0.467. The first-order chi connectivity index (χ1) is 16.0. The third kappa shape index (κ3) is 5.92. The zero-order chi connectivity index (χ0) is 23.2. The Hall–Kier alpha value is -3.79. The van der Waals surface area contributed by atoms with Gasteiger partial charge in [0.05, 0.1) is 13.2 Å². The predicted molar refractivity (Wildman–Crippen MR) is 120 cm³/mol. The highest BCUT2D eigenvalue weighted by atomic mass is 19.3. The van der Waals surface area contributed by atoms with Crippen LogP contribution in [0.3, 0.4) is 0 Å². The second-order valence-corrected chi connectivity index (χ2v) is 7.38. The molecule has 0 saturated carbocycles. The average molecular weight is 455 g/mol. The number of hydrogen-bond acceptors (Lipinski definition) is 6. The van der Waals surface area contributed by atoms with E-state index in [2.05, 4.69) is 25.3 Å². The Balaban J connectivity index is 1.41. The van der Waals surface area contributed by atoms with Crippen LogP contribution in [0.15, 0.2) is 54.9 Å². The number of rotatable bonds is 6. The third-order valence-corrected chi connectivity index (χ3v) is 5.10. The third-order valence-electron chi connectivity index (χ3n) is 5.10. The Bertz CT molecular complexity index is 1090. The molecule has 0 radical (unpaired) electrons. The van der Waals surface area contributed by atoms with Gasteiger partial charge in [0, 0.05) is 42.4 Å². The molecule has 1 fully saturated rings. The molecule has 3 aromatic rings. The highest BCUT2D eigenvalue weighted by molar-refractivity contribution is 5.91. The van der Waals surface area contributed by atoms with Gasteiger partial charge in [-0.2, -0.15) is 8.78 Å². The lowest BCUT2D eigenvalue weighted by Crippen LogP contribution is -2.43. The summed E-state index contributed by atoms with van der Waals surface area (Å²) >= 11 is 0. The van der Waals surface area contributed by atoms with Gasteiger partial charge in [0.2, 0.25) is 5.95 Å². The first kappa shape index (κ1) is 22.4. The standard InChI is InChI=1S/C23H23F2N5O3/c1-15-2-5-18(12-20(15)29-23(31)30-8-10-32-11-9-30)28-22-26-13-17(14-27-22)16-3-6-19(7-4-16)33-21(24)25/h2-7,12-14,21H,8-11H2,1H3,(H,29,31)(H,26,27,28). The minimum Gasteiger partial charge on any atom is -0.435 e. The van der Waals surface area contributed by atoms with E-state index in [0.29, 0.717) is 37.9 Å². The molecule has 8 nitrogen and oxygen atoms in total. The number of aryl methyl sites for hydroxylation is 1. The topological polar surface area (TPSA) is 88.6 Å². The number of morpholine rings is 1. The molecule has 172 valence electrons. The van der Waals surface area contributed by atoms with E-state index < -0.39 is 6.61 Å². The monoisotopic (exact) mass is 455 g/mol. The maximum Gasteiger partial charge on any atom is 0.387 e. The summed E-state index contributed by atoms with van der Waals surface area (Å²) in [6, 6.07) is 11.7. The molecule has 10 heteroatoms. The SMILES string of the molecule is Cc1ccc(Nc2ncc(-c3ccc(OC(F)F)cc3)cn2)cc1NC(=O)N1CCOCC1. The second-order valence-electron chi connectivity index (χ2n) is 7.38. The minimum atomic E-state index is -2.86. The Morgan fingerprint density at radius 1 is 1.06 bits per heavy atom. The summed E-state index contributed by atoms with van der Waals surface area (Å²) in [4.78, 5) is 22.9. The number of amides is 2. The van der Waals surface area contributed by atoms with Crippen molar-refractivity contribution in [3.05, 3.63) is 60.4 Å². The van der Waals surface area contributed by atoms with Gasteiger partial charge in [0.1, 0.15) is 5.75 Å². The van der Waals surface area contributed by atoms with E-state index in [0.717, 1.165) is 22.4 Å². The molecule has 0 bridgehead atoms. The van der Waals surface area contributed by atoms with Crippen LogP contribution in [-0.2, 0) is 4.74 Å². The molecule has 33 heavy (non-hydrogen) atoms. The fourth-order valence-corrected chi connectivity index (χ4v) is 3.29. The smallest absolute Gasteiger partial charge is 0.387 e. The second kappa shape index (κ2) is 10.2. The van der Waals surface area contributed by atoms with Crippen molar-refractivity contribution in [2.24, 2.45) is 0 Å². The number of halogens is 2. The molecule has 2 N–H and O–H groups in total. The first-order valence-corrected chi connectivity index (χ1v) is 10.4. The van der Waals surface area contributed by atoms with Gasteiger partial charge < -0.3 is 25.0 Å². The molecule has 1 aliphatic heterocycles.